The summed E-state index contributed by atoms with van der Waals surface area (Å²) in [4.78, 5) is 9.67. The lowest BCUT2D eigenvalue weighted by Gasteiger charge is -2.26. The molecule has 1 fully saturated rings. The lowest BCUT2D eigenvalue weighted by Crippen LogP contribution is -2.23. The molecule has 0 saturated carbocycles. The Labute approximate surface area is 135 Å². The van der Waals surface area contributed by atoms with Gasteiger partial charge in [0.25, 0.3) is 0 Å². The van der Waals surface area contributed by atoms with Crippen molar-refractivity contribution in [3.8, 4) is 0 Å². The SMILES string of the molecule is CCNc1nc(C2CCOCC2)nc(C(C)(C)C)c1I. The molecule has 1 aromatic rings. The van der Waals surface area contributed by atoms with Crippen molar-refractivity contribution in [1.82, 2.24) is 9.97 Å². The van der Waals surface area contributed by atoms with E-state index in [1.54, 1.807) is 0 Å². The smallest absolute Gasteiger partial charge is 0.143 e. The van der Waals surface area contributed by atoms with Gasteiger partial charge < -0.3 is 10.1 Å². The molecule has 1 aromatic heterocycles. The Kier molecular flexibility index (Phi) is 5.23. The first kappa shape index (κ1) is 15.9. The summed E-state index contributed by atoms with van der Waals surface area (Å²) in [5.41, 5.74) is 1.18. The lowest BCUT2D eigenvalue weighted by molar-refractivity contribution is 0.0835. The average molecular weight is 389 g/mol. The predicted octanol–water partition coefficient (Wildman–Crippen LogP) is 3.70. The first-order chi connectivity index (χ1) is 9.43. The van der Waals surface area contributed by atoms with Crippen LogP contribution in [0.25, 0.3) is 0 Å². The van der Waals surface area contributed by atoms with Crippen LogP contribution in [0.1, 0.15) is 58.0 Å². The normalized spacial score (nSPS) is 17.2. The zero-order valence-corrected chi connectivity index (χ0v) is 15.0. The van der Waals surface area contributed by atoms with Gasteiger partial charge in [0.1, 0.15) is 11.6 Å². The molecule has 0 unspecified atom stereocenters. The van der Waals surface area contributed by atoms with Gasteiger partial charge in [-0.3, -0.25) is 0 Å². The minimum atomic E-state index is 0.0313. The summed E-state index contributed by atoms with van der Waals surface area (Å²) in [6, 6.07) is 0. The van der Waals surface area contributed by atoms with E-state index in [1.807, 2.05) is 0 Å². The molecule has 112 valence electrons. The number of hydrogen-bond acceptors (Lipinski definition) is 4. The summed E-state index contributed by atoms with van der Waals surface area (Å²) in [6.07, 6.45) is 2.05. The maximum Gasteiger partial charge on any atom is 0.143 e. The number of nitrogens with one attached hydrogen (secondary N) is 1. The second-order valence-corrected chi connectivity index (χ2v) is 7.34. The Morgan fingerprint density at radius 3 is 2.45 bits per heavy atom. The molecule has 0 atom stereocenters. The fourth-order valence-electron chi connectivity index (χ4n) is 2.38. The third kappa shape index (κ3) is 3.61. The average Bonchev–Trinajstić information content (AvgIpc) is 2.41. The standard InChI is InChI=1S/C15H24IN3O/c1-5-17-14-11(16)12(15(2,3)4)18-13(19-14)10-6-8-20-9-7-10/h10H,5-9H2,1-4H3,(H,17,18,19). The van der Waals surface area contributed by atoms with Crippen molar-refractivity contribution in [3.05, 3.63) is 15.1 Å². The Morgan fingerprint density at radius 2 is 1.90 bits per heavy atom. The molecule has 1 saturated heterocycles. The molecule has 0 aliphatic carbocycles. The van der Waals surface area contributed by atoms with Crippen molar-refractivity contribution >= 4 is 28.4 Å². The Morgan fingerprint density at radius 1 is 1.25 bits per heavy atom. The molecule has 1 N–H and O–H groups in total. The minimum absolute atomic E-state index is 0.0313. The first-order valence-electron chi connectivity index (χ1n) is 7.33. The predicted molar refractivity (Wildman–Crippen MR) is 90.4 cm³/mol. The molecule has 0 amide bonds. The molecule has 0 radical (unpaired) electrons. The highest BCUT2D eigenvalue weighted by Crippen LogP contribution is 2.33. The van der Waals surface area contributed by atoms with Crippen molar-refractivity contribution in [2.75, 3.05) is 25.1 Å². The first-order valence-corrected chi connectivity index (χ1v) is 8.41. The van der Waals surface area contributed by atoms with Crippen LogP contribution in [0.5, 0.6) is 0 Å². The summed E-state index contributed by atoms with van der Waals surface area (Å²) < 4.78 is 6.59. The number of ether oxygens (including phenoxy) is 1. The van der Waals surface area contributed by atoms with E-state index in [9.17, 15) is 0 Å². The van der Waals surface area contributed by atoms with Gasteiger partial charge in [-0.25, -0.2) is 9.97 Å². The molecule has 1 aliphatic heterocycles. The number of rotatable bonds is 3. The van der Waals surface area contributed by atoms with E-state index in [-0.39, 0.29) is 5.41 Å². The van der Waals surface area contributed by atoms with Crippen LogP contribution in [0.3, 0.4) is 0 Å². The summed E-state index contributed by atoms with van der Waals surface area (Å²) in [6.45, 7) is 11.2. The molecule has 5 heteroatoms. The highest BCUT2D eigenvalue weighted by atomic mass is 127. The molecule has 0 spiro atoms. The summed E-state index contributed by atoms with van der Waals surface area (Å²) in [7, 11) is 0. The van der Waals surface area contributed by atoms with Gasteiger partial charge in [0.15, 0.2) is 0 Å². The largest absolute Gasteiger partial charge is 0.381 e. The quantitative estimate of drug-likeness (QED) is 0.801. The van der Waals surface area contributed by atoms with E-state index in [2.05, 4.69) is 55.6 Å². The molecule has 0 bridgehead atoms. The maximum atomic E-state index is 5.45. The second-order valence-electron chi connectivity index (χ2n) is 6.26. The molecule has 20 heavy (non-hydrogen) atoms. The van der Waals surface area contributed by atoms with Gasteiger partial charge >= 0.3 is 0 Å². The summed E-state index contributed by atoms with van der Waals surface area (Å²) in [5.74, 6) is 2.39. The van der Waals surface area contributed by atoms with Gasteiger partial charge in [0.2, 0.25) is 0 Å². The van der Waals surface area contributed by atoms with Crippen molar-refractivity contribution < 1.29 is 4.74 Å². The lowest BCUT2D eigenvalue weighted by atomic mass is 9.91. The number of nitrogens with zero attached hydrogens (tertiary/aromatic N) is 2. The van der Waals surface area contributed by atoms with Crippen LogP contribution in [-0.2, 0) is 10.2 Å². The molecular formula is C15H24IN3O. The number of hydrogen-bond donors (Lipinski definition) is 1. The Balaban J connectivity index is 2.43. The summed E-state index contributed by atoms with van der Waals surface area (Å²) >= 11 is 2.36. The Hall–Kier alpha value is -0.430. The zero-order chi connectivity index (χ0) is 14.8. The van der Waals surface area contributed by atoms with E-state index in [0.717, 1.165) is 53.5 Å². The zero-order valence-electron chi connectivity index (χ0n) is 12.8. The molecule has 4 nitrogen and oxygen atoms in total. The van der Waals surface area contributed by atoms with Crippen molar-refractivity contribution in [2.45, 2.75) is 51.9 Å². The molecule has 0 aromatic carbocycles. The van der Waals surface area contributed by atoms with Crippen molar-refractivity contribution in [2.24, 2.45) is 0 Å². The van der Waals surface area contributed by atoms with Crippen LogP contribution in [-0.4, -0.2) is 29.7 Å². The molecule has 2 heterocycles. The summed E-state index contributed by atoms with van der Waals surface area (Å²) in [5, 5.41) is 3.38. The van der Waals surface area contributed by atoms with Crippen LogP contribution >= 0.6 is 22.6 Å². The number of halogens is 1. The van der Waals surface area contributed by atoms with Crippen LogP contribution in [0.4, 0.5) is 5.82 Å². The highest BCUT2D eigenvalue weighted by Gasteiger charge is 2.26. The van der Waals surface area contributed by atoms with Gasteiger partial charge in [-0.15, -0.1) is 0 Å². The van der Waals surface area contributed by atoms with E-state index >= 15 is 0 Å². The topological polar surface area (TPSA) is 47.0 Å². The van der Waals surface area contributed by atoms with Gasteiger partial charge in [0, 0.05) is 31.1 Å². The monoisotopic (exact) mass is 389 g/mol. The van der Waals surface area contributed by atoms with Gasteiger partial charge in [-0.2, -0.15) is 0 Å². The fourth-order valence-corrected chi connectivity index (χ4v) is 3.63. The van der Waals surface area contributed by atoms with Crippen LogP contribution < -0.4 is 5.32 Å². The third-order valence-corrected chi connectivity index (χ3v) is 4.53. The van der Waals surface area contributed by atoms with Crippen molar-refractivity contribution in [1.29, 1.82) is 0 Å². The molecular weight excluding hydrogens is 365 g/mol. The van der Waals surface area contributed by atoms with E-state index in [0.29, 0.717) is 5.92 Å². The maximum absolute atomic E-state index is 5.45. The van der Waals surface area contributed by atoms with Crippen molar-refractivity contribution in [3.63, 3.8) is 0 Å². The van der Waals surface area contributed by atoms with Crippen LogP contribution in [0.2, 0.25) is 0 Å². The fraction of sp³-hybridized carbons (Fsp3) is 0.733. The molecule has 1 aliphatic rings. The van der Waals surface area contributed by atoms with E-state index in [4.69, 9.17) is 14.7 Å². The van der Waals surface area contributed by atoms with Crippen LogP contribution in [0, 0.1) is 3.57 Å². The minimum Gasteiger partial charge on any atom is -0.381 e. The third-order valence-electron chi connectivity index (χ3n) is 3.51. The van der Waals surface area contributed by atoms with E-state index in [1.165, 1.54) is 0 Å². The molecule has 2 rings (SSSR count). The van der Waals surface area contributed by atoms with Gasteiger partial charge in [0.05, 0.1) is 9.26 Å². The van der Waals surface area contributed by atoms with Gasteiger partial charge in [-0.05, 0) is 42.4 Å². The number of aromatic nitrogens is 2. The van der Waals surface area contributed by atoms with E-state index < -0.39 is 0 Å². The van der Waals surface area contributed by atoms with Crippen LogP contribution in [0.15, 0.2) is 0 Å². The van der Waals surface area contributed by atoms with Gasteiger partial charge in [-0.1, -0.05) is 20.8 Å². The highest BCUT2D eigenvalue weighted by molar-refractivity contribution is 14.1. The second kappa shape index (κ2) is 6.56. The Bertz CT molecular complexity index is 465. The number of anilines is 1.